The number of likely N-dealkylation sites (N-methyl/N-ethyl adjacent to an activating group) is 1. The van der Waals surface area contributed by atoms with Crippen molar-refractivity contribution < 1.29 is 42.1 Å². The van der Waals surface area contributed by atoms with E-state index in [9.17, 15) is 19.0 Å². The first kappa shape index (κ1) is 45.8. The van der Waals surface area contributed by atoms with E-state index in [-0.39, 0.29) is 26.1 Å². The van der Waals surface area contributed by atoms with Gasteiger partial charge in [-0.2, -0.15) is 0 Å². The zero-order valence-electron chi connectivity index (χ0n) is 31.0. The van der Waals surface area contributed by atoms with Crippen molar-refractivity contribution in [2.75, 3.05) is 47.5 Å². The van der Waals surface area contributed by atoms with E-state index in [0.717, 1.165) is 44.9 Å². The van der Waals surface area contributed by atoms with E-state index in [1.807, 2.05) is 21.1 Å². The average Bonchev–Trinajstić information content (AvgIpc) is 3.01. The fourth-order valence-electron chi connectivity index (χ4n) is 5.00. The van der Waals surface area contributed by atoms with E-state index in [1.165, 1.54) is 77.0 Å². The number of esters is 2. The van der Waals surface area contributed by atoms with Crippen molar-refractivity contribution in [3.05, 3.63) is 12.2 Å². The number of ether oxygens (including phenoxy) is 2. The van der Waals surface area contributed by atoms with Crippen LogP contribution in [0, 0.1) is 0 Å². The molecule has 0 spiro atoms. The summed E-state index contributed by atoms with van der Waals surface area (Å²) in [5.74, 6) is -0.855. The van der Waals surface area contributed by atoms with Gasteiger partial charge in [-0.15, -0.1) is 0 Å². The van der Waals surface area contributed by atoms with Gasteiger partial charge < -0.3 is 27.9 Å². The molecule has 0 rings (SSSR count). The second kappa shape index (κ2) is 30.8. The lowest BCUT2D eigenvalue weighted by Gasteiger charge is -2.28. The van der Waals surface area contributed by atoms with Gasteiger partial charge >= 0.3 is 11.9 Å². The summed E-state index contributed by atoms with van der Waals surface area (Å²) in [6, 6.07) is 0. The number of quaternary nitrogens is 1. The van der Waals surface area contributed by atoms with Gasteiger partial charge in [0.05, 0.1) is 27.7 Å². The Balaban J connectivity index is 4.39. The molecule has 0 N–H and O–H groups in total. The molecule has 0 aliphatic heterocycles. The van der Waals surface area contributed by atoms with Crippen molar-refractivity contribution in [1.29, 1.82) is 0 Å². The Morgan fingerprint density at radius 3 is 1.60 bits per heavy atom. The van der Waals surface area contributed by atoms with Crippen LogP contribution in [0.15, 0.2) is 12.2 Å². The Kier molecular flexibility index (Phi) is 30.0. The van der Waals surface area contributed by atoms with Crippen LogP contribution in [-0.4, -0.2) is 70.0 Å². The van der Waals surface area contributed by atoms with E-state index in [4.69, 9.17) is 18.5 Å². The van der Waals surface area contributed by atoms with Gasteiger partial charge in [0.2, 0.25) is 0 Å². The van der Waals surface area contributed by atoms with Crippen LogP contribution < -0.4 is 4.89 Å². The van der Waals surface area contributed by atoms with E-state index in [2.05, 4.69) is 26.0 Å². The summed E-state index contributed by atoms with van der Waals surface area (Å²) >= 11 is 0. The van der Waals surface area contributed by atoms with Crippen LogP contribution in [0.4, 0.5) is 0 Å². The average molecular weight is 690 g/mol. The first-order valence-electron chi connectivity index (χ1n) is 18.9. The summed E-state index contributed by atoms with van der Waals surface area (Å²) in [4.78, 5) is 37.2. The Bertz CT molecular complexity index is 830. The lowest BCUT2D eigenvalue weighted by atomic mass is 10.1. The number of rotatable bonds is 34. The quantitative estimate of drug-likeness (QED) is 0.0216. The number of carbonyl (C=O) groups excluding carboxylic acids is 2. The molecule has 9 nitrogen and oxygen atoms in total. The molecule has 0 heterocycles. The van der Waals surface area contributed by atoms with E-state index in [0.29, 0.717) is 23.9 Å². The van der Waals surface area contributed by atoms with Crippen LogP contribution in [0.1, 0.15) is 162 Å². The predicted octanol–water partition coefficient (Wildman–Crippen LogP) is 9.22. The number of hydrogen-bond acceptors (Lipinski definition) is 8. The minimum atomic E-state index is -4.61. The van der Waals surface area contributed by atoms with Crippen molar-refractivity contribution in [3.8, 4) is 0 Å². The van der Waals surface area contributed by atoms with Gasteiger partial charge in [-0.25, -0.2) is 0 Å². The Morgan fingerprint density at radius 1 is 0.638 bits per heavy atom. The van der Waals surface area contributed by atoms with Gasteiger partial charge in [-0.1, -0.05) is 122 Å². The molecule has 0 saturated carbocycles. The summed E-state index contributed by atoms with van der Waals surface area (Å²) in [6.45, 7) is 4.16. The molecule has 47 heavy (non-hydrogen) atoms. The number of phosphoric acid groups is 1. The number of unbranched alkanes of at least 4 members (excludes halogenated alkanes) is 18. The molecular formula is C37H72NO8P. The van der Waals surface area contributed by atoms with Crippen molar-refractivity contribution in [2.24, 2.45) is 0 Å². The van der Waals surface area contributed by atoms with E-state index in [1.54, 1.807) is 0 Å². The van der Waals surface area contributed by atoms with Gasteiger partial charge in [0.15, 0.2) is 6.10 Å². The molecule has 0 fully saturated rings. The van der Waals surface area contributed by atoms with Gasteiger partial charge in [0, 0.05) is 12.8 Å². The third-order valence-corrected chi connectivity index (χ3v) is 9.00. The maximum Gasteiger partial charge on any atom is 0.306 e. The van der Waals surface area contributed by atoms with Gasteiger partial charge in [-0.05, 0) is 38.5 Å². The summed E-state index contributed by atoms with van der Waals surface area (Å²) in [5, 5.41) is 0. The van der Waals surface area contributed by atoms with Crippen molar-refractivity contribution in [1.82, 2.24) is 0 Å². The molecule has 0 saturated heterocycles. The molecule has 2 atom stereocenters. The molecule has 0 aliphatic carbocycles. The number of nitrogens with zero attached hydrogens (tertiary/aromatic N) is 1. The molecule has 0 radical (unpaired) electrons. The minimum absolute atomic E-state index is 0.0305. The second-order valence-electron chi connectivity index (χ2n) is 13.9. The standard InChI is InChI=1S/C37H72NO8P/c1-6-8-10-12-14-16-17-18-19-20-21-22-24-25-27-29-36(39)43-33-35(34-45-47(41,42)44-32-31-38(3,4)5)46-37(40)30-28-26-23-15-13-11-9-7-2/h20-21,35H,6-19,22-34H2,1-5H3/b21-20+/t35-/m0/s1. The lowest BCUT2D eigenvalue weighted by molar-refractivity contribution is -0.870. The third-order valence-electron chi connectivity index (χ3n) is 8.04. The van der Waals surface area contributed by atoms with E-state index < -0.39 is 32.5 Å². The SMILES string of the molecule is CCCCCCCCCC/C=C/CCCCCC(=O)OC[C@@H](COP(=O)([O-])OCC[N+](C)(C)C)OC(=O)CCCCCCCCCC. The number of carbonyl (C=O) groups is 2. The molecule has 0 aliphatic rings. The van der Waals surface area contributed by atoms with Crippen molar-refractivity contribution in [2.45, 2.75) is 168 Å². The summed E-state index contributed by atoms with van der Waals surface area (Å²) < 4.78 is 33.6. The fraction of sp³-hybridized carbons (Fsp3) is 0.892. The molecule has 0 aromatic heterocycles. The molecular weight excluding hydrogens is 617 g/mol. The first-order chi connectivity index (χ1) is 22.5. The summed E-state index contributed by atoms with van der Waals surface area (Å²) in [7, 11) is 1.16. The minimum Gasteiger partial charge on any atom is -0.756 e. The highest BCUT2D eigenvalue weighted by atomic mass is 31.2. The van der Waals surface area contributed by atoms with Crippen LogP contribution in [0.25, 0.3) is 0 Å². The highest BCUT2D eigenvalue weighted by Crippen LogP contribution is 2.38. The molecule has 0 aromatic rings. The monoisotopic (exact) mass is 689 g/mol. The Hall–Kier alpha value is -1.25. The predicted molar refractivity (Wildman–Crippen MR) is 190 cm³/mol. The van der Waals surface area contributed by atoms with Gasteiger partial charge in [-0.3, -0.25) is 14.2 Å². The smallest absolute Gasteiger partial charge is 0.306 e. The normalized spacial score (nSPS) is 13.9. The lowest BCUT2D eigenvalue weighted by Crippen LogP contribution is -2.37. The molecule has 0 aromatic carbocycles. The van der Waals surface area contributed by atoms with Crippen molar-refractivity contribution >= 4 is 19.8 Å². The van der Waals surface area contributed by atoms with Crippen LogP contribution >= 0.6 is 7.82 Å². The topological polar surface area (TPSA) is 111 Å². The highest BCUT2D eigenvalue weighted by Gasteiger charge is 2.21. The van der Waals surface area contributed by atoms with Gasteiger partial charge in [0.1, 0.15) is 19.8 Å². The molecule has 1 unspecified atom stereocenters. The third kappa shape index (κ3) is 34.4. The van der Waals surface area contributed by atoms with Crippen LogP contribution in [-0.2, 0) is 32.7 Å². The number of phosphoric ester groups is 1. The molecule has 0 amide bonds. The zero-order valence-corrected chi connectivity index (χ0v) is 31.9. The van der Waals surface area contributed by atoms with Crippen molar-refractivity contribution in [3.63, 3.8) is 0 Å². The summed E-state index contributed by atoms with van der Waals surface area (Å²) in [6.07, 6.45) is 28.2. The maximum atomic E-state index is 12.5. The van der Waals surface area contributed by atoms with Crippen LogP contribution in [0.5, 0.6) is 0 Å². The maximum absolute atomic E-state index is 12.5. The number of hydrogen-bond donors (Lipinski definition) is 0. The summed E-state index contributed by atoms with van der Waals surface area (Å²) in [5.41, 5.74) is 0. The number of allylic oxidation sites excluding steroid dienone is 2. The molecule has 0 bridgehead atoms. The molecule has 10 heteroatoms. The van der Waals surface area contributed by atoms with E-state index >= 15 is 0 Å². The second-order valence-corrected chi connectivity index (χ2v) is 15.4. The first-order valence-corrected chi connectivity index (χ1v) is 20.4. The fourth-order valence-corrected chi connectivity index (χ4v) is 5.73. The zero-order chi connectivity index (χ0) is 35.1. The molecule has 278 valence electrons. The highest BCUT2D eigenvalue weighted by molar-refractivity contribution is 7.45. The van der Waals surface area contributed by atoms with Gasteiger partial charge in [0.25, 0.3) is 7.82 Å². The Morgan fingerprint density at radius 2 is 1.09 bits per heavy atom. The Labute approximate surface area is 288 Å². The van der Waals surface area contributed by atoms with Crippen LogP contribution in [0.3, 0.4) is 0 Å². The largest absolute Gasteiger partial charge is 0.756 e. The van der Waals surface area contributed by atoms with Crippen LogP contribution in [0.2, 0.25) is 0 Å².